The van der Waals surface area contributed by atoms with E-state index in [1.54, 1.807) is 26.0 Å². The van der Waals surface area contributed by atoms with Gasteiger partial charge < -0.3 is 19.7 Å². The average Bonchev–Trinajstić information content (AvgIpc) is 2.77. The molecule has 0 unspecified atom stereocenters. The lowest BCUT2D eigenvalue weighted by Crippen LogP contribution is -2.49. The molecular weight excluding hydrogens is 380 g/mol. The average molecular weight is 413 g/mol. The smallest absolute Gasteiger partial charge is 0.242 e. The van der Waals surface area contributed by atoms with Crippen LogP contribution in [0.3, 0.4) is 0 Å². The Hall–Kier alpha value is -3.02. The van der Waals surface area contributed by atoms with Crippen molar-refractivity contribution in [2.45, 2.75) is 52.2 Å². The van der Waals surface area contributed by atoms with Gasteiger partial charge in [-0.1, -0.05) is 31.2 Å². The Morgan fingerprint density at radius 2 is 1.40 bits per heavy atom. The van der Waals surface area contributed by atoms with Crippen LogP contribution in [0.25, 0.3) is 0 Å². The maximum absolute atomic E-state index is 13.2. The number of rotatable bonds is 10. The predicted octanol–water partition coefficient (Wildman–Crippen LogP) is 3.58. The number of hydrogen-bond acceptors (Lipinski definition) is 4. The molecule has 0 aliphatic carbocycles. The van der Waals surface area contributed by atoms with E-state index in [4.69, 9.17) is 9.47 Å². The lowest BCUT2D eigenvalue weighted by atomic mass is 10.1. The van der Waals surface area contributed by atoms with Gasteiger partial charge in [-0.25, -0.2) is 0 Å². The van der Waals surface area contributed by atoms with Crippen LogP contribution in [0.1, 0.15) is 38.3 Å². The summed E-state index contributed by atoms with van der Waals surface area (Å²) in [6.45, 7) is 6.08. The number of nitrogens with one attached hydrogen (secondary N) is 1. The first-order valence-electron chi connectivity index (χ1n) is 10.2. The summed E-state index contributed by atoms with van der Waals surface area (Å²) < 4.78 is 10.4. The Kier molecular flexibility index (Phi) is 8.71. The number of benzene rings is 2. The van der Waals surface area contributed by atoms with Crippen molar-refractivity contribution in [1.82, 2.24) is 10.2 Å². The molecule has 2 rings (SSSR count). The maximum Gasteiger partial charge on any atom is 0.242 e. The summed E-state index contributed by atoms with van der Waals surface area (Å²) >= 11 is 0. The second kappa shape index (κ2) is 11.2. The Morgan fingerprint density at radius 3 is 1.87 bits per heavy atom. The third kappa shape index (κ3) is 6.51. The lowest BCUT2D eigenvalue weighted by Gasteiger charge is -2.30. The zero-order valence-electron chi connectivity index (χ0n) is 18.5. The fourth-order valence-electron chi connectivity index (χ4n) is 3.00. The van der Waals surface area contributed by atoms with Crippen molar-refractivity contribution in [1.29, 1.82) is 0 Å². The summed E-state index contributed by atoms with van der Waals surface area (Å²) in [7, 11) is 3.22. The van der Waals surface area contributed by atoms with Crippen molar-refractivity contribution in [3.05, 3.63) is 59.7 Å². The molecule has 30 heavy (non-hydrogen) atoms. The van der Waals surface area contributed by atoms with E-state index in [0.29, 0.717) is 6.54 Å². The number of amides is 2. The van der Waals surface area contributed by atoms with E-state index in [0.717, 1.165) is 29.0 Å². The Morgan fingerprint density at radius 1 is 0.900 bits per heavy atom. The molecule has 6 nitrogen and oxygen atoms in total. The van der Waals surface area contributed by atoms with E-state index in [2.05, 4.69) is 5.32 Å². The predicted molar refractivity (Wildman–Crippen MR) is 118 cm³/mol. The molecule has 2 amide bonds. The summed E-state index contributed by atoms with van der Waals surface area (Å²) in [5.74, 6) is 1.23. The molecule has 0 aliphatic rings. The molecule has 1 N–H and O–H groups in total. The third-order valence-electron chi connectivity index (χ3n) is 5.19. The first kappa shape index (κ1) is 23.3. The van der Waals surface area contributed by atoms with Gasteiger partial charge in [0.15, 0.2) is 0 Å². The summed E-state index contributed by atoms with van der Waals surface area (Å²) in [5, 5.41) is 2.98. The van der Waals surface area contributed by atoms with Crippen LogP contribution < -0.4 is 14.8 Å². The molecule has 0 radical (unpaired) electrons. The van der Waals surface area contributed by atoms with Crippen molar-refractivity contribution in [3.63, 3.8) is 0 Å². The van der Waals surface area contributed by atoms with E-state index in [9.17, 15) is 9.59 Å². The van der Waals surface area contributed by atoms with E-state index < -0.39 is 6.04 Å². The van der Waals surface area contributed by atoms with Crippen LogP contribution in [0.5, 0.6) is 11.5 Å². The second-order valence-corrected chi connectivity index (χ2v) is 7.39. The zero-order chi connectivity index (χ0) is 22.1. The molecule has 0 fully saturated rings. The summed E-state index contributed by atoms with van der Waals surface area (Å²) in [6.07, 6.45) is 1.04. The van der Waals surface area contributed by atoms with Gasteiger partial charge in [-0.3, -0.25) is 9.59 Å². The number of hydrogen-bond donors (Lipinski definition) is 1. The number of nitrogens with zero attached hydrogens (tertiary/aromatic N) is 1. The molecule has 0 heterocycles. The molecule has 0 spiro atoms. The van der Waals surface area contributed by atoms with Crippen LogP contribution in [0.15, 0.2) is 48.5 Å². The maximum atomic E-state index is 13.2. The summed E-state index contributed by atoms with van der Waals surface area (Å²) in [6, 6.07) is 14.4. The van der Waals surface area contributed by atoms with Crippen molar-refractivity contribution in [3.8, 4) is 11.5 Å². The van der Waals surface area contributed by atoms with Crippen LogP contribution >= 0.6 is 0 Å². The van der Waals surface area contributed by atoms with Gasteiger partial charge in [0.1, 0.15) is 17.5 Å². The van der Waals surface area contributed by atoms with Crippen LogP contribution in [-0.4, -0.2) is 43.0 Å². The minimum atomic E-state index is -0.591. The molecule has 2 aromatic carbocycles. The molecule has 0 bridgehead atoms. The van der Waals surface area contributed by atoms with Crippen molar-refractivity contribution >= 4 is 11.8 Å². The fourth-order valence-corrected chi connectivity index (χ4v) is 3.00. The van der Waals surface area contributed by atoms with Crippen LogP contribution in [0.4, 0.5) is 0 Å². The Bertz CT molecular complexity index is 818. The largest absolute Gasteiger partial charge is 0.497 e. The highest BCUT2D eigenvalue weighted by Gasteiger charge is 2.26. The number of carbonyl (C=O) groups excluding carboxylic acids is 2. The number of methoxy groups -OCH3 is 2. The van der Waals surface area contributed by atoms with Crippen LogP contribution in [0.2, 0.25) is 0 Å². The monoisotopic (exact) mass is 412 g/mol. The van der Waals surface area contributed by atoms with Gasteiger partial charge in [0.2, 0.25) is 11.8 Å². The van der Waals surface area contributed by atoms with Crippen molar-refractivity contribution < 1.29 is 19.1 Å². The quantitative estimate of drug-likeness (QED) is 0.648. The highest BCUT2D eigenvalue weighted by molar-refractivity contribution is 5.88. The highest BCUT2D eigenvalue weighted by Crippen LogP contribution is 2.17. The molecule has 162 valence electrons. The molecule has 0 aliphatic heterocycles. The number of ether oxygens (including phenoxy) is 2. The molecule has 6 heteroatoms. The van der Waals surface area contributed by atoms with Crippen molar-refractivity contribution in [2.75, 3.05) is 14.2 Å². The lowest BCUT2D eigenvalue weighted by molar-refractivity contribution is -0.140. The first-order valence-corrected chi connectivity index (χ1v) is 10.2. The van der Waals surface area contributed by atoms with E-state index in [-0.39, 0.29) is 24.3 Å². The molecule has 0 saturated carbocycles. The van der Waals surface area contributed by atoms with E-state index >= 15 is 0 Å². The molecule has 0 aromatic heterocycles. The van der Waals surface area contributed by atoms with Gasteiger partial charge in [-0.15, -0.1) is 0 Å². The van der Waals surface area contributed by atoms with E-state index in [1.807, 2.05) is 62.4 Å². The SMILES string of the molecule is CC[C@H](C)NC(=O)[C@H](C)N(Cc1ccc(OC)cc1)C(=O)Cc1ccc(OC)cc1. The molecule has 0 saturated heterocycles. The van der Waals surface area contributed by atoms with E-state index in [1.165, 1.54) is 0 Å². The molecule has 2 atom stereocenters. The zero-order valence-corrected chi connectivity index (χ0v) is 18.5. The van der Waals surface area contributed by atoms with Crippen LogP contribution in [0, 0.1) is 0 Å². The first-order chi connectivity index (χ1) is 14.4. The van der Waals surface area contributed by atoms with Crippen molar-refractivity contribution in [2.24, 2.45) is 0 Å². The fraction of sp³-hybridized carbons (Fsp3) is 0.417. The third-order valence-corrected chi connectivity index (χ3v) is 5.19. The Labute approximate surface area is 179 Å². The minimum Gasteiger partial charge on any atom is -0.497 e. The minimum absolute atomic E-state index is 0.0551. The molecule has 2 aromatic rings. The van der Waals surface area contributed by atoms with Gasteiger partial charge in [0.05, 0.1) is 20.6 Å². The Balaban J connectivity index is 2.20. The highest BCUT2D eigenvalue weighted by atomic mass is 16.5. The van der Waals surface area contributed by atoms with Gasteiger partial charge in [-0.2, -0.15) is 0 Å². The summed E-state index contributed by atoms with van der Waals surface area (Å²) in [5.41, 5.74) is 1.80. The second-order valence-electron chi connectivity index (χ2n) is 7.39. The number of carbonyl (C=O) groups is 2. The molecular formula is C24H32N2O4. The van der Waals surface area contributed by atoms with Crippen LogP contribution in [-0.2, 0) is 22.6 Å². The van der Waals surface area contributed by atoms with Gasteiger partial charge >= 0.3 is 0 Å². The van der Waals surface area contributed by atoms with Gasteiger partial charge in [-0.05, 0) is 55.7 Å². The summed E-state index contributed by atoms with van der Waals surface area (Å²) in [4.78, 5) is 27.6. The topological polar surface area (TPSA) is 67.9 Å². The standard InChI is InChI=1S/C24H32N2O4/c1-6-17(2)25-24(28)18(3)26(16-20-9-13-22(30-5)14-10-20)23(27)15-19-7-11-21(29-4)12-8-19/h7-14,17-18H,6,15-16H2,1-5H3,(H,25,28)/t17-,18-/m0/s1. The van der Waals surface area contributed by atoms with Gasteiger partial charge in [0, 0.05) is 12.6 Å². The van der Waals surface area contributed by atoms with Gasteiger partial charge in [0.25, 0.3) is 0 Å². The normalized spacial score (nSPS) is 12.6.